The molecule has 0 aliphatic carbocycles. The number of fused-ring (bicyclic) bond motifs is 1. The van der Waals surface area contributed by atoms with E-state index < -0.39 is 0 Å². The number of rotatable bonds is 4. The molecule has 6 heteroatoms. The number of aromatic amines is 1. The Morgan fingerprint density at radius 1 is 1.19 bits per heavy atom. The molecule has 2 aromatic carbocycles. The molecule has 0 unspecified atom stereocenters. The highest BCUT2D eigenvalue weighted by Crippen LogP contribution is 2.31. The van der Waals surface area contributed by atoms with Gasteiger partial charge in [-0.25, -0.2) is 4.98 Å². The van der Waals surface area contributed by atoms with E-state index in [9.17, 15) is 4.79 Å². The van der Waals surface area contributed by atoms with Gasteiger partial charge in [-0.2, -0.15) is 0 Å². The molecule has 5 nitrogen and oxygen atoms in total. The number of thioether (sulfide) groups is 1. The molecule has 2 heterocycles. The Labute approximate surface area is 156 Å². The number of aryl methyl sites for hydroxylation is 1. The van der Waals surface area contributed by atoms with Crippen molar-refractivity contribution in [1.29, 1.82) is 0 Å². The fourth-order valence-corrected chi connectivity index (χ4v) is 3.92. The molecule has 1 amide bonds. The van der Waals surface area contributed by atoms with Crippen molar-refractivity contribution in [3.8, 4) is 11.4 Å². The van der Waals surface area contributed by atoms with Crippen LogP contribution in [0.25, 0.3) is 11.4 Å². The predicted molar refractivity (Wildman–Crippen MR) is 104 cm³/mol. The highest BCUT2D eigenvalue weighted by molar-refractivity contribution is 8.00. The van der Waals surface area contributed by atoms with Gasteiger partial charge in [0.1, 0.15) is 0 Å². The summed E-state index contributed by atoms with van der Waals surface area (Å²) in [5.74, 6) is 0.820. The van der Waals surface area contributed by atoms with Crippen LogP contribution in [-0.2, 0) is 11.2 Å². The molecule has 1 atom stereocenters. The zero-order chi connectivity index (χ0) is 18.1. The molecule has 1 aliphatic rings. The van der Waals surface area contributed by atoms with Gasteiger partial charge in [0, 0.05) is 17.8 Å². The van der Waals surface area contributed by atoms with Gasteiger partial charge in [0.15, 0.2) is 5.82 Å². The van der Waals surface area contributed by atoms with Crippen LogP contribution in [0.3, 0.4) is 0 Å². The summed E-state index contributed by atoms with van der Waals surface area (Å²) in [4.78, 5) is 19.3. The van der Waals surface area contributed by atoms with E-state index >= 15 is 0 Å². The average molecular weight is 364 g/mol. The summed E-state index contributed by atoms with van der Waals surface area (Å²) < 4.78 is 0. The first-order valence-electron chi connectivity index (χ1n) is 8.67. The molecular formula is C20H20N4OS. The van der Waals surface area contributed by atoms with E-state index in [4.69, 9.17) is 0 Å². The molecular weight excluding hydrogens is 344 g/mol. The molecule has 3 aromatic rings. The maximum absolute atomic E-state index is 12.9. The lowest BCUT2D eigenvalue weighted by atomic mass is 10.1. The van der Waals surface area contributed by atoms with Crippen LogP contribution in [0.1, 0.15) is 18.1 Å². The fourth-order valence-electron chi connectivity index (χ4n) is 3.13. The van der Waals surface area contributed by atoms with Crippen molar-refractivity contribution < 1.29 is 4.79 Å². The van der Waals surface area contributed by atoms with Crippen LogP contribution in [0, 0.1) is 6.92 Å². The third-order valence-corrected chi connectivity index (χ3v) is 5.52. The minimum absolute atomic E-state index is 0.0987. The normalized spacial score (nSPS) is 14.3. The largest absolute Gasteiger partial charge is 0.311 e. The molecule has 1 aliphatic heterocycles. The molecule has 132 valence electrons. The maximum Gasteiger partial charge on any atom is 0.240 e. The molecule has 1 aromatic heterocycles. The summed E-state index contributed by atoms with van der Waals surface area (Å²) in [6.07, 6.45) is 0.914. The van der Waals surface area contributed by atoms with Crippen LogP contribution >= 0.6 is 11.8 Å². The molecule has 4 rings (SSSR count). The minimum atomic E-state index is -0.247. The quantitative estimate of drug-likeness (QED) is 0.714. The number of nitrogens with zero attached hydrogens (tertiary/aromatic N) is 3. The SMILES string of the molecule is Cc1ccc(-c2nc(S[C@H](C)C(=O)N3CCc4ccccc43)n[nH]2)cc1. The third kappa shape index (κ3) is 3.24. The van der Waals surface area contributed by atoms with Crippen molar-refractivity contribution in [2.24, 2.45) is 0 Å². The van der Waals surface area contributed by atoms with Crippen LogP contribution < -0.4 is 4.90 Å². The summed E-state index contributed by atoms with van der Waals surface area (Å²) in [7, 11) is 0. The summed E-state index contributed by atoms with van der Waals surface area (Å²) in [5, 5.41) is 7.57. The number of carbonyl (C=O) groups excluding carboxylic acids is 1. The van der Waals surface area contributed by atoms with E-state index in [1.165, 1.54) is 22.9 Å². The zero-order valence-corrected chi connectivity index (χ0v) is 15.6. The smallest absolute Gasteiger partial charge is 0.240 e. The number of amides is 1. The number of H-pyrrole nitrogens is 1. The minimum Gasteiger partial charge on any atom is -0.311 e. The highest BCUT2D eigenvalue weighted by atomic mass is 32.2. The Balaban J connectivity index is 1.46. The summed E-state index contributed by atoms with van der Waals surface area (Å²) in [6, 6.07) is 16.2. The summed E-state index contributed by atoms with van der Waals surface area (Å²) in [6.45, 7) is 4.71. The molecule has 0 fully saturated rings. The Hall–Kier alpha value is -2.60. The number of hydrogen-bond acceptors (Lipinski definition) is 4. The lowest BCUT2D eigenvalue weighted by molar-refractivity contribution is -0.117. The van der Waals surface area contributed by atoms with Gasteiger partial charge < -0.3 is 4.90 Å². The van der Waals surface area contributed by atoms with E-state index in [1.807, 2.05) is 54.3 Å². The van der Waals surface area contributed by atoms with Gasteiger partial charge in [-0.15, -0.1) is 5.10 Å². The third-order valence-electron chi connectivity index (χ3n) is 4.57. The van der Waals surface area contributed by atoms with Crippen molar-refractivity contribution in [2.75, 3.05) is 11.4 Å². The van der Waals surface area contributed by atoms with Crippen LogP contribution in [0.2, 0.25) is 0 Å². The Morgan fingerprint density at radius 2 is 1.96 bits per heavy atom. The van der Waals surface area contributed by atoms with Crippen molar-refractivity contribution in [3.63, 3.8) is 0 Å². The van der Waals surface area contributed by atoms with E-state index in [-0.39, 0.29) is 11.2 Å². The number of aromatic nitrogens is 3. The lowest BCUT2D eigenvalue weighted by Crippen LogP contribution is -2.35. The zero-order valence-electron chi connectivity index (χ0n) is 14.8. The van der Waals surface area contributed by atoms with Gasteiger partial charge in [-0.05, 0) is 31.9 Å². The highest BCUT2D eigenvalue weighted by Gasteiger charge is 2.28. The van der Waals surface area contributed by atoms with Crippen molar-refractivity contribution in [3.05, 3.63) is 59.7 Å². The van der Waals surface area contributed by atoms with E-state index in [1.54, 1.807) is 0 Å². The molecule has 0 spiro atoms. The molecule has 1 N–H and O–H groups in total. The van der Waals surface area contributed by atoms with Crippen LogP contribution in [0.15, 0.2) is 53.7 Å². The van der Waals surface area contributed by atoms with Gasteiger partial charge in [0.2, 0.25) is 11.1 Å². The average Bonchev–Trinajstić information content (AvgIpc) is 3.29. The topological polar surface area (TPSA) is 61.9 Å². The van der Waals surface area contributed by atoms with E-state index in [2.05, 4.69) is 28.2 Å². The predicted octanol–water partition coefficient (Wildman–Crippen LogP) is 3.85. The number of benzene rings is 2. The van der Waals surface area contributed by atoms with Crippen LogP contribution in [0.4, 0.5) is 5.69 Å². The standard InChI is InChI=1S/C20H20N4OS/c1-13-7-9-16(10-8-13)18-21-20(23-22-18)26-14(2)19(25)24-12-11-15-5-3-4-6-17(15)24/h3-10,14H,11-12H2,1-2H3,(H,21,22,23)/t14-/m1/s1. The molecule has 0 saturated carbocycles. The number of para-hydroxylation sites is 1. The van der Waals surface area contributed by atoms with E-state index in [0.29, 0.717) is 5.16 Å². The van der Waals surface area contributed by atoms with Gasteiger partial charge in [-0.3, -0.25) is 9.89 Å². The van der Waals surface area contributed by atoms with Gasteiger partial charge >= 0.3 is 0 Å². The first kappa shape index (κ1) is 16.8. The lowest BCUT2D eigenvalue weighted by Gasteiger charge is -2.20. The number of anilines is 1. The van der Waals surface area contributed by atoms with Crippen molar-refractivity contribution >= 4 is 23.4 Å². The number of carbonyl (C=O) groups is 1. The van der Waals surface area contributed by atoms with Crippen LogP contribution in [0.5, 0.6) is 0 Å². The first-order valence-corrected chi connectivity index (χ1v) is 9.55. The molecule has 0 saturated heterocycles. The summed E-state index contributed by atoms with van der Waals surface area (Å²) >= 11 is 1.39. The number of hydrogen-bond donors (Lipinski definition) is 1. The Kier molecular flexibility index (Phi) is 4.51. The van der Waals surface area contributed by atoms with E-state index in [0.717, 1.165) is 30.0 Å². The second-order valence-electron chi connectivity index (χ2n) is 6.46. The fraction of sp³-hybridized carbons (Fsp3) is 0.250. The Bertz CT molecular complexity index is 935. The molecule has 0 radical (unpaired) electrons. The van der Waals surface area contributed by atoms with Gasteiger partial charge in [-0.1, -0.05) is 59.8 Å². The first-order chi connectivity index (χ1) is 12.6. The summed E-state index contributed by atoms with van der Waals surface area (Å²) in [5.41, 5.74) is 4.45. The number of nitrogens with one attached hydrogen (secondary N) is 1. The van der Waals surface area contributed by atoms with Crippen molar-refractivity contribution in [1.82, 2.24) is 15.2 Å². The molecule has 0 bridgehead atoms. The maximum atomic E-state index is 12.9. The second kappa shape index (κ2) is 6.96. The van der Waals surface area contributed by atoms with Gasteiger partial charge in [0.05, 0.1) is 5.25 Å². The second-order valence-corrected chi connectivity index (χ2v) is 7.77. The monoisotopic (exact) mass is 364 g/mol. The Morgan fingerprint density at radius 3 is 2.77 bits per heavy atom. The molecule has 26 heavy (non-hydrogen) atoms. The van der Waals surface area contributed by atoms with Crippen molar-refractivity contribution in [2.45, 2.75) is 30.7 Å². The van der Waals surface area contributed by atoms with Gasteiger partial charge in [0.25, 0.3) is 0 Å². The van der Waals surface area contributed by atoms with Crippen LogP contribution in [-0.4, -0.2) is 32.9 Å².